The first-order chi connectivity index (χ1) is 43.2. The zero-order valence-electron chi connectivity index (χ0n) is 53.6. The second kappa shape index (κ2) is 46.2. The Balaban J connectivity index is 1.55. The fourth-order valence-electron chi connectivity index (χ4n) is 11.0. The summed E-state index contributed by atoms with van der Waals surface area (Å²) in [6.45, 7) is 5.08. The van der Waals surface area contributed by atoms with E-state index in [2.05, 4.69) is 26.6 Å². The van der Waals surface area contributed by atoms with E-state index in [1.807, 2.05) is 0 Å². The van der Waals surface area contributed by atoms with Crippen LogP contribution in [-0.2, 0) is 66.7 Å². The van der Waals surface area contributed by atoms with Crippen molar-refractivity contribution >= 4 is 41.1 Å². The summed E-state index contributed by atoms with van der Waals surface area (Å²) in [5, 5.41) is 105. The first-order valence-corrected chi connectivity index (χ1v) is 32.8. The van der Waals surface area contributed by atoms with Crippen LogP contribution in [0.4, 0.5) is 0 Å². The van der Waals surface area contributed by atoms with Crippen LogP contribution in [0.5, 0.6) is 0 Å². The van der Waals surface area contributed by atoms with E-state index in [4.69, 9.17) is 33.2 Å². The molecule has 17 atom stereocenters. The molecular weight excluding hydrogens is 1180 g/mol. The lowest BCUT2D eigenvalue weighted by Gasteiger charge is -2.42. The van der Waals surface area contributed by atoms with E-state index in [1.165, 1.54) is 14.0 Å². The smallest absolute Gasteiger partial charge is 0.223 e. The van der Waals surface area contributed by atoms with Gasteiger partial charge in [-0.3, -0.25) is 33.6 Å². The van der Waals surface area contributed by atoms with Crippen LogP contribution in [0.2, 0.25) is 0 Å². The summed E-state index contributed by atoms with van der Waals surface area (Å²) in [4.78, 5) is 91.2. The molecule has 0 aromatic rings. The maximum Gasteiger partial charge on any atom is 0.223 e. The van der Waals surface area contributed by atoms with Crippen LogP contribution in [0.15, 0.2) is 0 Å². The van der Waals surface area contributed by atoms with Crippen LogP contribution in [0.25, 0.3) is 0 Å². The molecule has 0 spiro atoms. The minimum absolute atomic E-state index is 0.0920. The second-order valence-corrected chi connectivity index (χ2v) is 24.2. The Labute approximate surface area is 530 Å². The molecule has 0 saturated carbocycles. The first-order valence-electron chi connectivity index (χ1n) is 32.8. The third-order valence-corrected chi connectivity index (χ3v) is 16.7. The van der Waals surface area contributed by atoms with Crippen LogP contribution in [0.3, 0.4) is 0 Å². The number of carbonyl (C=O) groups is 7. The van der Waals surface area contributed by atoms with E-state index in [9.17, 15) is 79.5 Å². The Hall–Kier alpha value is -3.95. The molecule has 522 valence electrons. The molecular formula is C62H111N5O23. The summed E-state index contributed by atoms with van der Waals surface area (Å²) in [6.07, 6.45) is -2.71. The molecule has 28 nitrogen and oxygen atoms in total. The fourth-order valence-corrected chi connectivity index (χ4v) is 11.0. The molecule has 90 heavy (non-hydrogen) atoms. The van der Waals surface area contributed by atoms with Crippen molar-refractivity contribution in [3.05, 3.63) is 0 Å². The number of Topliss-reactive ketones (excluding diaryl/α,β-unsaturated/α-hetero) is 2. The number of hydrogen-bond acceptors (Lipinski definition) is 23. The molecule has 3 aliphatic heterocycles. The van der Waals surface area contributed by atoms with Crippen molar-refractivity contribution in [1.82, 2.24) is 26.6 Å². The van der Waals surface area contributed by atoms with Gasteiger partial charge in [-0.2, -0.15) is 0 Å². The van der Waals surface area contributed by atoms with E-state index in [-0.39, 0.29) is 80.5 Å². The van der Waals surface area contributed by atoms with E-state index in [1.54, 1.807) is 13.8 Å². The normalized spacial score (nSPS) is 27.5. The van der Waals surface area contributed by atoms with Gasteiger partial charge in [0.1, 0.15) is 54.6 Å². The Morgan fingerprint density at radius 1 is 0.456 bits per heavy atom. The third-order valence-electron chi connectivity index (χ3n) is 16.7. The lowest BCUT2D eigenvalue weighted by molar-refractivity contribution is -0.282. The monoisotopic (exact) mass is 1290 g/mol. The lowest BCUT2D eigenvalue weighted by atomic mass is 9.91. The topological polar surface area (TPSA) is 426 Å². The number of unbranched alkanes of at least 4 members (excludes halogenated alkanes) is 10. The summed E-state index contributed by atoms with van der Waals surface area (Å²) >= 11 is 0. The zero-order chi connectivity index (χ0) is 66.4. The molecule has 3 saturated heterocycles. The van der Waals surface area contributed by atoms with Gasteiger partial charge in [0, 0.05) is 110 Å². The second-order valence-electron chi connectivity index (χ2n) is 24.2. The quantitative estimate of drug-likeness (QED) is 0.0349. The van der Waals surface area contributed by atoms with Gasteiger partial charge in [0.15, 0.2) is 24.7 Å². The number of nitrogens with one attached hydrogen (secondary N) is 5. The largest absolute Gasteiger partial charge is 0.394 e. The van der Waals surface area contributed by atoms with Crippen LogP contribution in [0.1, 0.15) is 175 Å². The predicted octanol–water partition coefficient (Wildman–Crippen LogP) is -0.273. The lowest BCUT2D eigenvalue weighted by Crippen LogP contribution is -2.64. The fraction of sp³-hybridized carbons (Fsp3) is 0.887. The van der Waals surface area contributed by atoms with Gasteiger partial charge in [0.2, 0.25) is 29.5 Å². The highest BCUT2D eigenvalue weighted by atomic mass is 16.7. The summed E-state index contributed by atoms with van der Waals surface area (Å²) in [6, 6.07) is -1.99. The Morgan fingerprint density at radius 2 is 0.878 bits per heavy atom. The highest BCUT2D eigenvalue weighted by molar-refractivity contribution is 5.92. The summed E-state index contributed by atoms with van der Waals surface area (Å²) in [7, 11) is 1.54. The minimum Gasteiger partial charge on any atom is -0.394 e. The summed E-state index contributed by atoms with van der Waals surface area (Å²) < 4.78 is 39.2. The van der Waals surface area contributed by atoms with Gasteiger partial charge in [0.25, 0.3) is 0 Å². The summed E-state index contributed by atoms with van der Waals surface area (Å²) in [5.41, 5.74) is 0. The average molecular weight is 1290 g/mol. The Kier molecular flexibility index (Phi) is 41.2. The number of aliphatic hydroxyl groups is 9. The molecule has 3 fully saturated rings. The van der Waals surface area contributed by atoms with Crippen molar-refractivity contribution in [2.75, 3.05) is 73.0 Å². The average Bonchev–Trinajstić information content (AvgIpc) is 1.89. The van der Waals surface area contributed by atoms with Gasteiger partial charge in [0.05, 0.1) is 44.7 Å². The molecule has 0 aromatic carbocycles. The molecule has 3 heterocycles. The van der Waals surface area contributed by atoms with Gasteiger partial charge >= 0.3 is 0 Å². The van der Waals surface area contributed by atoms with E-state index in [0.717, 1.165) is 0 Å². The number of hydrogen-bond donors (Lipinski definition) is 14. The Bertz CT molecular complexity index is 2050. The summed E-state index contributed by atoms with van der Waals surface area (Å²) in [5.74, 6) is -3.53. The number of rotatable bonds is 49. The van der Waals surface area contributed by atoms with Gasteiger partial charge in [-0.1, -0.05) is 46.0 Å². The SMILES string of the molecule is COCCC(=O)CCCCCNC(=O)C(CCCCNC(=O)CCCCCO[C@@H]1OC(CO)[C@H](O)C(O)[C@@H]1NC(C)=O)CC(=O)C(CCCCNC(=O)CCCCCO[C@@H]1OC(CO)[C@H](O)C(O)[C@@H]1C)NC(=O)CCCCCO[C@@H]1OC(CO)[C@H](O)C(O)[C@@H]1C. The molecule has 14 N–H and O–H groups in total. The van der Waals surface area contributed by atoms with Crippen molar-refractivity contribution in [1.29, 1.82) is 0 Å². The van der Waals surface area contributed by atoms with Crippen LogP contribution < -0.4 is 26.6 Å². The van der Waals surface area contributed by atoms with Gasteiger partial charge in [-0.25, -0.2) is 0 Å². The molecule has 0 bridgehead atoms. The maximum absolute atomic E-state index is 14.3. The standard InChI is InChI=1S/C62H111N5O23/c1-39-53(77)55(79)46(36-68)88-60(39)85-31-18-6-10-24-50(75)64-29-17-14-23-44(67-51(76)26-12-8-19-32-86-61-40(2)54(78)56(80)47(37-69)89-61)45(73)35-42(59(83)65-30-15-5-9-22-43(72)27-34-84-4)21-13-16-28-63-49(74)25-11-7-20-33-87-62-52(66-41(3)71)58(82)57(81)48(38-70)90-62/h39-40,42,44,46-48,52-58,60-62,68-70,77-82H,5-38H2,1-4H3,(H,63,74)(H,64,75)(H,65,83)(H,66,71)(H,67,76)/t39-,40-,42?,44?,46?,47?,48?,52-,53?,54?,55-,56-,57-,58?,60+,61+,62+/m0/s1. The first kappa shape index (κ1) is 80.3. The van der Waals surface area contributed by atoms with Gasteiger partial charge in [-0.15, -0.1) is 0 Å². The van der Waals surface area contributed by atoms with Crippen molar-refractivity contribution in [3.63, 3.8) is 0 Å². The molecule has 0 radical (unpaired) electrons. The third kappa shape index (κ3) is 30.4. The number of carbonyl (C=O) groups excluding carboxylic acids is 7. The van der Waals surface area contributed by atoms with Crippen LogP contribution in [-0.4, -0.2) is 246 Å². The highest BCUT2D eigenvalue weighted by Gasteiger charge is 2.46. The number of methoxy groups -OCH3 is 1. The van der Waals surface area contributed by atoms with E-state index in [0.29, 0.717) is 155 Å². The van der Waals surface area contributed by atoms with Crippen molar-refractivity contribution in [2.45, 2.75) is 261 Å². The number of ketones is 2. The highest BCUT2D eigenvalue weighted by Crippen LogP contribution is 2.29. The van der Waals surface area contributed by atoms with Gasteiger partial charge < -0.3 is 106 Å². The predicted molar refractivity (Wildman–Crippen MR) is 324 cm³/mol. The number of ether oxygens (including phenoxy) is 7. The Morgan fingerprint density at radius 3 is 1.37 bits per heavy atom. The number of amides is 5. The zero-order valence-corrected chi connectivity index (χ0v) is 53.6. The molecule has 5 amide bonds. The molecule has 8 unspecified atom stereocenters. The molecule has 3 rings (SSSR count). The van der Waals surface area contributed by atoms with E-state index < -0.39 is 129 Å². The molecule has 3 aliphatic rings. The minimum atomic E-state index is -1.43. The van der Waals surface area contributed by atoms with Crippen LogP contribution in [0, 0.1) is 17.8 Å². The molecule has 0 aromatic heterocycles. The van der Waals surface area contributed by atoms with Crippen molar-refractivity contribution < 1.29 is 113 Å². The maximum atomic E-state index is 14.3. The van der Waals surface area contributed by atoms with Crippen molar-refractivity contribution in [2.24, 2.45) is 17.8 Å². The van der Waals surface area contributed by atoms with Crippen molar-refractivity contribution in [3.8, 4) is 0 Å². The van der Waals surface area contributed by atoms with E-state index >= 15 is 0 Å². The molecule has 28 heteroatoms. The van der Waals surface area contributed by atoms with Gasteiger partial charge in [-0.05, 0) is 83.5 Å². The number of aliphatic hydroxyl groups excluding tert-OH is 9. The van der Waals surface area contributed by atoms with Crippen LogP contribution >= 0.6 is 0 Å². The molecule has 0 aliphatic carbocycles.